The Morgan fingerprint density at radius 1 is 1.21 bits per heavy atom. The maximum atomic E-state index is 12.1. The highest BCUT2D eigenvalue weighted by Crippen LogP contribution is 2.23. The summed E-state index contributed by atoms with van der Waals surface area (Å²) in [5.74, 6) is -0.855. The molecule has 0 aliphatic rings. The Kier molecular flexibility index (Phi) is 7.74. The fourth-order valence-corrected chi connectivity index (χ4v) is 2.04. The van der Waals surface area contributed by atoms with Gasteiger partial charge < -0.3 is 20.1 Å². The van der Waals surface area contributed by atoms with Gasteiger partial charge in [-0.3, -0.25) is 9.59 Å². The standard InChI is InChI=1S/C17H24N2O5/c1-5-11(2)16(17(22)23-4)19-15(21)10-24-14-9-7-6-8-13(14)18-12(3)20/h6-9,11,16H,5,10H2,1-4H3,(H,18,20)(H,19,21)/t11-,16-/m0/s1. The Balaban J connectivity index is 2.68. The lowest BCUT2D eigenvalue weighted by Gasteiger charge is -2.22. The van der Waals surface area contributed by atoms with Crippen LogP contribution in [0, 0.1) is 5.92 Å². The number of hydrogen-bond donors (Lipinski definition) is 2. The second kappa shape index (κ2) is 9.54. The molecule has 0 heterocycles. The van der Waals surface area contributed by atoms with Crippen molar-refractivity contribution in [1.82, 2.24) is 5.32 Å². The van der Waals surface area contributed by atoms with E-state index in [0.717, 1.165) is 0 Å². The largest absolute Gasteiger partial charge is 0.482 e. The average Bonchev–Trinajstić information content (AvgIpc) is 2.57. The third kappa shape index (κ3) is 5.91. The Labute approximate surface area is 141 Å². The van der Waals surface area contributed by atoms with E-state index in [0.29, 0.717) is 17.9 Å². The molecule has 1 aromatic rings. The van der Waals surface area contributed by atoms with Crippen molar-refractivity contribution >= 4 is 23.5 Å². The first-order chi connectivity index (χ1) is 11.4. The highest BCUT2D eigenvalue weighted by atomic mass is 16.5. The maximum Gasteiger partial charge on any atom is 0.328 e. The summed E-state index contributed by atoms with van der Waals surface area (Å²) in [4.78, 5) is 35.0. The molecule has 0 saturated heterocycles. The molecule has 2 N–H and O–H groups in total. The highest BCUT2D eigenvalue weighted by Gasteiger charge is 2.26. The molecule has 0 bridgehead atoms. The minimum absolute atomic E-state index is 0.0620. The Morgan fingerprint density at radius 3 is 2.46 bits per heavy atom. The van der Waals surface area contributed by atoms with Crippen molar-refractivity contribution in [2.45, 2.75) is 33.2 Å². The van der Waals surface area contributed by atoms with Crippen LogP contribution in [0.3, 0.4) is 0 Å². The van der Waals surface area contributed by atoms with Crippen LogP contribution in [0.15, 0.2) is 24.3 Å². The number of esters is 1. The third-order valence-corrected chi connectivity index (χ3v) is 3.54. The van der Waals surface area contributed by atoms with Gasteiger partial charge in [-0.25, -0.2) is 4.79 Å². The number of para-hydroxylation sites is 2. The minimum atomic E-state index is -0.721. The van der Waals surface area contributed by atoms with E-state index in [1.807, 2.05) is 13.8 Å². The molecule has 24 heavy (non-hydrogen) atoms. The smallest absolute Gasteiger partial charge is 0.328 e. The van der Waals surface area contributed by atoms with E-state index in [9.17, 15) is 14.4 Å². The van der Waals surface area contributed by atoms with Crippen LogP contribution in [0.25, 0.3) is 0 Å². The first-order valence-electron chi connectivity index (χ1n) is 7.75. The van der Waals surface area contributed by atoms with Gasteiger partial charge in [0.15, 0.2) is 6.61 Å². The summed E-state index contributed by atoms with van der Waals surface area (Å²) in [5.41, 5.74) is 0.476. The monoisotopic (exact) mass is 336 g/mol. The fraction of sp³-hybridized carbons (Fsp3) is 0.471. The SMILES string of the molecule is CC[C@H](C)[C@H](NC(=O)COc1ccccc1NC(C)=O)C(=O)OC. The summed E-state index contributed by atoms with van der Waals surface area (Å²) in [6, 6.07) is 6.07. The van der Waals surface area contributed by atoms with E-state index >= 15 is 0 Å². The Bertz CT molecular complexity index is 588. The molecule has 1 aromatic carbocycles. The van der Waals surface area contributed by atoms with Crippen molar-refractivity contribution in [3.05, 3.63) is 24.3 Å². The second-order valence-electron chi connectivity index (χ2n) is 5.42. The number of amides is 2. The number of anilines is 1. The van der Waals surface area contributed by atoms with Crippen LogP contribution in [-0.4, -0.2) is 37.5 Å². The van der Waals surface area contributed by atoms with E-state index in [1.54, 1.807) is 24.3 Å². The van der Waals surface area contributed by atoms with Crippen LogP contribution >= 0.6 is 0 Å². The molecule has 0 unspecified atom stereocenters. The van der Waals surface area contributed by atoms with Gasteiger partial charge in [0.25, 0.3) is 5.91 Å². The Morgan fingerprint density at radius 2 is 1.88 bits per heavy atom. The summed E-state index contributed by atoms with van der Waals surface area (Å²) in [6.07, 6.45) is 0.715. The zero-order chi connectivity index (χ0) is 18.1. The molecule has 0 aliphatic carbocycles. The lowest BCUT2D eigenvalue weighted by molar-refractivity contribution is -0.146. The van der Waals surface area contributed by atoms with Gasteiger partial charge in [-0.1, -0.05) is 32.4 Å². The summed E-state index contributed by atoms with van der Waals surface area (Å²) in [5, 5.41) is 5.25. The first kappa shape index (κ1) is 19.5. The molecule has 0 radical (unpaired) electrons. The maximum absolute atomic E-state index is 12.1. The molecule has 2 atom stereocenters. The Hall–Kier alpha value is -2.57. The van der Waals surface area contributed by atoms with Crippen LogP contribution in [0.1, 0.15) is 27.2 Å². The van der Waals surface area contributed by atoms with Gasteiger partial charge in [0.1, 0.15) is 11.8 Å². The number of benzene rings is 1. The van der Waals surface area contributed by atoms with Crippen LogP contribution in [0.5, 0.6) is 5.75 Å². The number of ether oxygens (including phenoxy) is 2. The zero-order valence-electron chi connectivity index (χ0n) is 14.4. The van der Waals surface area contributed by atoms with Crippen LogP contribution in [0.2, 0.25) is 0 Å². The van der Waals surface area contributed by atoms with Gasteiger partial charge >= 0.3 is 5.97 Å². The number of hydrogen-bond acceptors (Lipinski definition) is 5. The highest BCUT2D eigenvalue weighted by molar-refractivity contribution is 5.90. The molecule has 0 spiro atoms. The molecule has 0 saturated carbocycles. The number of carbonyl (C=O) groups is 3. The molecular weight excluding hydrogens is 312 g/mol. The number of carbonyl (C=O) groups excluding carboxylic acids is 3. The second-order valence-corrected chi connectivity index (χ2v) is 5.42. The average molecular weight is 336 g/mol. The number of rotatable bonds is 8. The lowest BCUT2D eigenvalue weighted by Crippen LogP contribution is -2.47. The number of methoxy groups -OCH3 is 1. The van der Waals surface area contributed by atoms with Crippen molar-refractivity contribution in [3.63, 3.8) is 0 Å². The zero-order valence-corrected chi connectivity index (χ0v) is 14.4. The predicted octanol–water partition coefficient (Wildman–Crippen LogP) is 1.73. The van der Waals surface area contributed by atoms with Gasteiger partial charge in [0.05, 0.1) is 12.8 Å². The molecule has 7 heteroatoms. The molecule has 0 aromatic heterocycles. The summed E-state index contributed by atoms with van der Waals surface area (Å²) in [7, 11) is 1.28. The third-order valence-electron chi connectivity index (χ3n) is 3.54. The molecular formula is C17H24N2O5. The fourth-order valence-electron chi connectivity index (χ4n) is 2.04. The number of nitrogens with one attached hydrogen (secondary N) is 2. The van der Waals surface area contributed by atoms with Crippen molar-refractivity contribution in [1.29, 1.82) is 0 Å². The van der Waals surface area contributed by atoms with Crippen molar-refractivity contribution in [2.75, 3.05) is 19.0 Å². The quantitative estimate of drug-likeness (QED) is 0.705. The van der Waals surface area contributed by atoms with E-state index in [1.165, 1.54) is 14.0 Å². The van der Waals surface area contributed by atoms with Crippen molar-refractivity contribution in [2.24, 2.45) is 5.92 Å². The normalized spacial score (nSPS) is 12.7. The van der Waals surface area contributed by atoms with E-state index < -0.39 is 17.9 Å². The topological polar surface area (TPSA) is 93.7 Å². The van der Waals surface area contributed by atoms with Crippen LogP contribution < -0.4 is 15.4 Å². The summed E-state index contributed by atoms with van der Waals surface area (Å²) in [6.45, 7) is 4.89. The lowest BCUT2D eigenvalue weighted by atomic mass is 9.99. The molecule has 0 aliphatic heterocycles. The molecule has 1 rings (SSSR count). The van der Waals surface area contributed by atoms with Gasteiger partial charge in [0, 0.05) is 6.92 Å². The summed E-state index contributed by atoms with van der Waals surface area (Å²) >= 11 is 0. The van der Waals surface area contributed by atoms with Crippen molar-refractivity contribution in [3.8, 4) is 5.75 Å². The van der Waals surface area contributed by atoms with Gasteiger partial charge in [-0.2, -0.15) is 0 Å². The van der Waals surface area contributed by atoms with Crippen molar-refractivity contribution < 1.29 is 23.9 Å². The van der Waals surface area contributed by atoms with Gasteiger partial charge in [-0.15, -0.1) is 0 Å². The van der Waals surface area contributed by atoms with Gasteiger partial charge in [-0.05, 0) is 18.1 Å². The molecule has 7 nitrogen and oxygen atoms in total. The first-order valence-corrected chi connectivity index (χ1v) is 7.75. The van der Waals surface area contributed by atoms with Crippen LogP contribution in [-0.2, 0) is 19.1 Å². The summed E-state index contributed by atoms with van der Waals surface area (Å²) < 4.78 is 10.2. The molecule has 2 amide bonds. The molecule has 0 fully saturated rings. The van der Waals surface area contributed by atoms with Gasteiger partial charge in [0.2, 0.25) is 5.91 Å². The minimum Gasteiger partial charge on any atom is -0.482 e. The van der Waals surface area contributed by atoms with Crippen LogP contribution in [0.4, 0.5) is 5.69 Å². The molecule has 132 valence electrons. The van der Waals surface area contributed by atoms with E-state index in [2.05, 4.69) is 10.6 Å². The van der Waals surface area contributed by atoms with E-state index in [-0.39, 0.29) is 18.4 Å². The predicted molar refractivity (Wildman–Crippen MR) is 89.6 cm³/mol. The van der Waals surface area contributed by atoms with E-state index in [4.69, 9.17) is 9.47 Å².